The van der Waals surface area contributed by atoms with Crippen LogP contribution in [0.3, 0.4) is 0 Å². The van der Waals surface area contributed by atoms with E-state index in [-0.39, 0.29) is 0 Å². The van der Waals surface area contributed by atoms with Crippen molar-refractivity contribution in [1.82, 2.24) is 0 Å². The first kappa shape index (κ1) is 4.98. The van der Waals surface area contributed by atoms with Crippen molar-refractivity contribution in [3.63, 3.8) is 0 Å². The van der Waals surface area contributed by atoms with Crippen molar-refractivity contribution in [2.45, 2.75) is 20.0 Å². The Morgan fingerprint density at radius 1 is 1.71 bits per heavy atom. The number of hydrogen-bond donors (Lipinski definition) is 0. The molecular formula is C6H11O+. The molecule has 0 bridgehead atoms. The molecular weight excluding hydrogens is 88.1 g/mol. The van der Waals surface area contributed by atoms with Crippen molar-refractivity contribution in [3.8, 4) is 0 Å². The fraction of sp³-hybridized carbons (Fsp3) is 0.833. The molecule has 1 rings (SSSR count). The summed E-state index contributed by atoms with van der Waals surface area (Å²) in [6, 6.07) is 0. The van der Waals surface area contributed by atoms with Gasteiger partial charge in [-0.05, 0) is 0 Å². The standard InChI is InChI=1S/C6H11O/c1-3-6-5(2)4-7-6/h3,5-6H,4H2,1-2H3/q+1. The van der Waals surface area contributed by atoms with Gasteiger partial charge in [0.1, 0.15) is 6.42 Å². The molecule has 1 heterocycles. The number of hydrogen-bond acceptors (Lipinski definition) is 1. The minimum absolute atomic E-state index is 0.458. The van der Waals surface area contributed by atoms with Crippen molar-refractivity contribution in [1.29, 1.82) is 0 Å². The van der Waals surface area contributed by atoms with Crippen LogP contribution in [0.15, 0.2) is 0 Å². The average Bonchev–Trinajstić information content (AvgIpc) is 1.65. The van der Waals surface area contributed by atoms with Crippen molar-refractivity contribution < 1.29 is 4.74 Å². The molecule has 2 atom stereocenters. The lowest BCUT2D eigenvalue weighted by Gasteiger charge is -2.26. The largest absolute Gasteiger partial charge is 0.337 e. The Morgan fingerprint density at radius 2 is 2.43 bits per heavy atom. The molecule has 0 aromatic heterocycles. The summed E-state index contributed by atoms with van der Waals surface area (Å²) in [5.41, 5.74) is 0. The van der Waals surface area contributed by atoms with Crippen LogP contribution in [0.5, 0.6) is 0 Å². The first-order chi connectivity index (χ1) is 3.34. The van der Waals surface area contributed by atoms with E-state index >= 15 is 0 Å². The van der Waals surface area contributed by atoms with Crippen LogP contribution < -0.4 is 0 Å². The number of ether oxygens (including phenoxy) is 1. The van der Waals surface area contributed by atoms with Crippen LogP contribution in [0.4, 0.5) is 0 Å². The molecule has 0 N–H and O–H groups in total. The van der Waals surface area contributed by atoms with Crippen molar-refractivity contribution in [3.05, 3.63) is 6.42 Å². The zero-order valence-corrected chi connectivity index (χ0v) is 4.85. The Kier molecular flexibility index (Phi) is 1.24. The molecule has 2 unspecified atom stereocenters. The van der Waals surface area contributed by atoms with Gasteiger partial charge < -0.3 is 4.74 Å². The zero-order valence-electron chi connectivity index (χ0n) is 4.85. The number of rotatable bonds is 1. The van der Waals surface area contributed by atoms with E-state index in [1.54, 1.807) is 0 Å². The van der Waals surface area contributed by atoms with E-state index in [0.29, 0.717) is 6.10 Å². The molecule has 0 aromatic rings. The van der Waals surface area contributed by atoms with Gasteiger partial charge in [0.2, 0.25) is 6.10 Å². The maximum absolute atomic E-state index is 5.14. The third-order valence-corrected chi connectivity index (χ3v) is 1.44. The summed E-state index contributed by atoms with van der Waals surface area (Å²) in [5.74, 6) is 0.769. The van der Waals surface area contributed by atoms with Crippen LogP contribution in [-0.2, 0) is 4.74 Å². The van der Waals surface area contributed by atoms with E-state index in [1.807, 2.05) is 6.92 Å². The average molecular weight is 99.2 g/mol. The van der Waals surface area contributed by atoms with Gasteiger partial charge in [0, 0.05) is 5.92 Å². The van der Waals surface area contributed by atoms with Crippen LogP contribution in [0, 0.1) is 12.3 Å². The second-order valence-corrected chi connectivity index (χ2v) is 2.11. The molecule has 7 heavy (non-hydrogen) atoms. The quantitative estimate of drug-likeness (QED) is 0.449. The summed E-state index contributed by atoms with van der Waals surface area (Å²) in [6.07, 6.45) is 2.56. The molecule has 1 saturated heterocycles. The minimum Gasteiger partial charge on any atom is -0.337 e. The summed E-state index contributed by atoms with van der Waals surface area (Å²) < 4.78 is 5.14. The Morgan fingerprint density at radius 3 is 2.43 bits per heavy atom. The molecule has 40 valence electrons. The zero-order chi connectivity index (χ0) is 5.28. The summed E-state index contributed by atoms with van der Waals surface area (Å²) in [7, 11) is 0. The minimum atomic E-state index is 0.458. The maximum Gasteiger partial charge on any atom is 0.201 e. The molecule has 1 nitrogen and oxygen atoms in total. The fourth-order valence-corrected chi connectivity index (χ4v) is 0.825. The van der Waals surface area contributed by atoms with Gasteiger partial charge >= 0.3 is 0 Å². The van der Waals surface area contributed by atoms with Gasteiger partial charge in [0.15, 0.2) is 0 Å². The van der Waals surface area contributed by atoms with Crippen LogP contribution in [0.2, 0.25) is 0 Å². The van der Waals surface area contributed by atoms with E-state index in [0.717, 1.165) is 12.5 Å². The predicted octanol–water partition coefficient (Wildman–Crippen LogP) is 1.25. The van der Waals surface area contributed by atoms with Crippen molar-refractivity contribution in [2.75, 3.05) is 6.61 Å². The van der Waals surface area contributed by atoms with Gasteiger partial charge in [-0.25, -0.2) is 0 Å². The van der Waals surface area contributed by atoms with Gasteiger partial charge in [-0.15, -0.1) is 0 Å². The summed E-state index contributed by atoms with van der Waals surface area (Å²) in [6.45, 7) is 5.20. The smallest absolute Gasteiger partial charge is 0.201 e. The lowest BCUT2D eigenvalue weighted by Crippen LogP contribution is -2.36. The molecule has 1 fully saturated rings. The highest BCUT2D eigenvalue weighted by Gasteiger charge is 2.32. The van der Waals surface area contributed by atoms with Crippen LogP contribution in [0.25, 0.3) is 0 Å². The van der Waals surface area contributed by atoms with E-state index in [1.165, 1.54) is 0 Å². The second-order valence-electron chi connectivity index (χ2n) is 2.11. The van der Waals surface area contributed by atoms with Crippen molar-refractivity contribution in [2.24, 2.45) is 5.92 Å². The SMILES string of the molecule is C[CH+]C1OCC1C. The molecule has 1 heteroatoms. The Balaban J connectivity index is 2.16. The Labute approximate surface area is 44.7 Å². The fourth-order valence-electron chi connectivity index (χ4n) is 0.825. The summed E-state index contributed by atoms with van der Waals surface area (Å²) in [4.78, 5) is 0. The molecule has 1 aliphatic rings. The maximum atomic E-state index is 5.14. The molecule has 0 spiro atoms. The Bertz CT molecular complexity index is 59.2. The predicted molar refractivity (Wildman–Crippen MR) is 28.9 cm³/mol. The van der Waals surface area contributed by atoms with Crippen LogP contribution >= 0.6 is 0 Å². The normalized spacial score (nSPS) is 39.7. The third kappa shape index (κ3) is 0.729. The molecule has 0 saturated carbocycles. The lowest BCUT2D eigenvalue weighted by atomic mass is 9.99. The summed E-state index contributed by atoms with van der Waals surface area (Å²) >= 11 is 0. The molecule has 0 radical (unpaired) electrons. The van der Waals surface area contributed by atoms with Crippen LogP contribution in [0.1, 0.15) is 13.8 Å². The molecule has 0 aromatic carbocycles. The monoisotopic (exact) mass is 99.1 g/mol. The van der Waals surface area contributed by atoms with E-state index < -0.39 is 0 Å². The van der Waals surface area contributed by atoms with E-state index in [9.17, 15) is 0 Å². The van der Waals surface area contributed by atoms with Gasteiger partial charge in [-0.3, -0.25) is 0 Å². The van der Waals surface area contributed by atoms with E-state index in [2.05, 4.69) is 13.3 Å². The highest BCUT2D eigenvalue weighted by molar-refractivity contribution is 4.83. The molecule has 0 aliphatic carbocycles. The lowest BCUT2D eigenvalue weighted by molar-refractivity contribution is -0.0849. The topological polar surface area (TPSA) is 9.23 Å². The highest BCUT2D eigenvalue weighted by Crippen LogP contribution is 2.20. The van der Waals surface area contributed by atoms with Crippen LogP contribution in [-0.4, -0.2) is 12.7 Å². The van der Waals surface area contributed by atoms with Gasteiger partial charge in [0.25, 0.3) is 0 Å². The van der Waals surface area contributed by atoms with Gasteiger partial charge in [-0.2, -0.15) is 0 Å². The first-order valence-corrected chi connectivity index (χ1v) is 2.75. The van der Waals surface area contributed by atoms with E-state index in [4.69, 9.17) is 4.74 Å². The third-order valence-electron chi connectivity index (χ3n) is 1.44. The molecule has 1 aliphatic heterocycles. The second kappa shape index (κ2) is 1.74. The van der Waals surface area contributed by atoms with Gasteiger partial charge in [0.05, 0.1) is 13.5 Å². The molecule has 0 amide bonds. The Hall–Kier alpha value is -0.170. The summed E-state index contributed by atoms with van der Waals surface area (Å²) in [5, 5.41) is 0. The highest BCUT2D eigenvalue weighted by atomic mass is 16.5. The first-order valence-electron chi connectivity index (χ1n) is 2.75. The van der Waals surface area contributed by atoms with Gasteiger partial charge in [-0.1, -0.05) is 6.92 Å². The van der Waals surface area contributed by atoms with Crippen molar-refractivity contribution >= 4 is 0 Å².